The molecule has 1 aliphatic heterocycles. The van der Waals surface area contributed by atoms with E-state index in [4.69, 9.17) is 4.74 Å². The predicted molar refractivity (Wildman–Crippen MR) is 106 cm³/mol. The number of morpholine rings is 1. The van der Waals surface area contributed by atoms with Crippen LogP contribution in [0.3, 0.4) is 0 Å². The summed E-state index contributed by atoms with van der Waals surface area (Å²) in [6, 6.07) is 10.2. The Morgan fingerprint density at radius 3 is 2.74 bits per heavy atom. The molecule has 0 saturated carbocycles. The van der Waals surface area contributed by atoms with Crippen LogP contribution in [0, 0.1) is 5.82 Å². The van der Waals surface area contributed by atoms with Crippen LogP contribution in [0.15, 0.2) is 41.8 Å². The van der Waals surface area contributed by atoms with Crippen molar-refractivity contribution in [3.8, 4) is 10.6 Å². The fourth-order valence-corrected chi connectivity index (χ4v) is 4.55. The van der Waals surface area contributed by atoms with Gasteiger partial charge in [-0.25, -0.2) is 9.37 Å². The molecule has 0 unspecified atom stereocenters. The van der Waals surface area contributed by atoms with Crippen LogP contribution in [0.5, 0.6) is 0 Å². The molecule has 1 amide bonds. The lowest BCUT2D eigenvalue weighted by molar-refractivity contribution is -0.134. The molecule has 1 N–H and O–H groups in total. The number of thiophene rings is 1. The number of nitrogens with zero attached hydrogens (tertiary/aromatic N) is 2. The van der Waals surface area contributed by atoms with Gasteiger partial charge in [0.15, 0.2) is 5.13 Å². The Kier molecular flexibility index (Phi) is 5.47. The first-order valence-electron chi connectivity index (χ1n) is 8.60. The molecule has 0 radical (unpaired) electrons. The highest BCUT2D eigenvalue weighted by Gasteiger charge is 2.18. The summed E-state index contributed by atoms with van der Waals surface area (Å²) in [7, 11) is 0. The predicted octanol–water partition coefficient (Wildman–Crippen LogP) is 4.16. The summed E-state index contributed by atoms with van der Waals surface area (Å²) in [5.74, 6) is -0.123. The molecule has 4 rings (SSSR count). The molecular formula is C19H18FN3O2S2. The molecular weight excluding hydrogens is 385 g/mol. The summed E-state index contributed by atoms with van der Waals surface area (Å²) in [6.07, 6.45) is 0.412. The number of carbonyl (C=O) groups is 1. The number of rotatable bonds is 5. The van der Waals surface area contributed by atoms with Gasteiger partial charge in [0, 0.05) is 29.0 Å². The number of hydrogen-bond acceptors (Lipinski definition) is 6. The summed E-state index contributed by atoms with van der Waals surface area (Å²) in [5.41, 5.74) is 1.67. The van der Waals surface area contributed by atoms with E-state index in [0.717, 1.165) is 26.3 Å². The minimum absolute atomic E-state index is 0.142. The van der Waals surface area contributed by atoms with Crippen molar-refractivity contribution in [2.45, 2.75) is 6.42 Å². The van der Waals surface area contributed by atoms with Gasteiger partial charge in [-0.05, 0) is 36.4 Å². The van der Waals surface area contributed by atoms with Crippen molar-refractivity contribution in [3.05, 3.63) is 52.5 Å². The molecule has 1 fully saturated rings. The number of nitrogens with one attached hydrogen (secondary N) is 1. The maximum atomic E-state index is 13.0. The Morgan fingerprint density at radius 2 is 1.96 bits per heavy atom. The van der Waals surface area contributed by atoms with Gasteiger partial charge in [-0.15, -0.1) is 22.7 Å². The van der Waals surface area contributed by atoms with E-state index < -0.39 is 0 Å². The van der Waals surface area contributed by atoms with Crippen LogP contribution in [-0.2, 0) is 16.0 Å². The standard InChI is InChI=1S/C19H18FN3O2S2/c20-13-1-3-14(4-2-13)21-19-22-16(12-26-19)17-6-5-15(27-17)11-18(24)23-7-9-25-10-8-23/h1-6,12H,7-11H2,(H,21,22). The molecule has 5 nitrogen and oxygen atoms in total. The second-order valence-electron chi connectivity index (χ2n) is 6.11. The molecule has 1 aromatic carbocycles. The van der Waals surface area contributed by atoms with Crippen molar-refractivity contribution in [2.24, 2.45) is 0 Å². The molecule has 1 aliphatic rings. The Bertz CT molecular complexity index is 917. The first-order chi connectivity index (χ1) is 13.2. The minimum atomic E-state index is -0.266. The highest BCUT2D eigenvalue weighted by atomic mass is 32.1. The molecule has 8 heteroatoms. The molecule has 0 spiro atoms. The van der Waals surface area contributed by atoms with E-state index in [1.807, 2.05) is 22.4 Å². The van der Waals surface area contributed by atoms with E-state index in [0.29, 0.717) is 32.7 Å². The lowest BCUT2D eigenvalue weighted by Gasteiger charge is -2.26. The van der Waals surface area contributed by atoms with Crippen LogP contribution < -0.4 is 5.32 Å². The smallest absolute Gasteiger partial charge is 0.227 e. The third kappa shape index (κ3) is 4.52. The van der Waals surface area contributed by atoms with E-state index in [1.54, 1.807) is 23.5 Å². The number of benzene rings is 1. The summed E-state index contributed by atoms with van der Waals surface area (Å²) in [6.45, 7) is 2.57. The maximum Gasteiger partial charge on any atom is 0.227 e. The number of hydrogen-bond donors (Lipinski definition) is 1. The van der Waals surface area contributed by atoms with Crippen molar-refractivity contribution in [2.75, 3.05) is 31.6 Å². The lowest BCUT2D eigenvalue weighted by Crippen LogP contribution is -2.41. The molecule has 3 aromatic rings. The van der Waals surface area contributed by atoms with Crippen LogP contribution in [0.1, 0.15) is 4.88 Å². The average molecular weight is 404 g/mol. The van der Waals surface area contributed by atoms with Crippen molar-refractivity contribution in [3.63, 3.8) is 0 Å². The molecule has 0 bridgehead atoms. The van der Waals surface area contributed by atoms with Crippen molar-refractivity contribution in [1.82, 2.24) is 9.88 Å². The summed E-state index contributed by atoms with van der Waals surface area (Å²) >= 11 is 3.08. The van der Waals surface area contributed by atoms with Crippen molar-refractivity contribution < 1.29 is 13.9 Å². The third-order valence-corrected chi connectivity index (χ3v) is 6.07. The monoisotopic (exact) mass is 403 g/mol. The first kappa shape index (κ1) is 18.1. The van der Waals surface area contributed by atoms with Crippen LogP contribution in [0.25, 0.3) is 10.6 Å². The number of amides is 1. The van der Waals surface area contributed by atoms with Crippen LogP contribution >= 0.6 is 22.7 Å². The Labute approximate surface area is 164 Å². The zero-order valence-corrected chi connectivity index (χ0v) is 16.1. The Balaban J connectivity index is 1.40. The normalized spacial score (nSPS) is 14.3. The number of thiazole rings is 1. The molecule has 27 heavy (non-hydrogen) atoms. The topological polar surface area (TPSA) is 54.5 Å². The largest absolute Gasteiger partial charge is 0.378 e. The number of carbonyl (C=O) groups excluding carboxylic acids is 1. The Morgan fingerprint density at radius 1 is 1.19 bits per heavy atom. The van der Waals surface area contributed by atoms with Gasteiger partial charge < -0.3 is 15.0 Å². The zero-order chi connectivity index (χ0) is 18.6. The summed E-state index contributed by atoms with van der Waals surface area (Å²) in [4.78, 5) is 20.9. The summed E-state index contributed by atoms with van der Waals surface area (Å²) in [5, 5.41) is 5.90. The fraction of sp³-hybridized carbons (Fsp3) is 0.263. The van der Waals surface area contributed by atoms with Gasteiger partial charge in [-0.1, -0.05) is 0 Å². The second-order valence-corrected chi connectivity index (χ2v) is 8.13. The number of aromatic nitrogens is 1. The van der Waals surface area contributed by atoms with Crippen LogP contribution in [-0.4, -0.2) is 42.1 Å². The summed E-state index contributed by atoms with van der Waals surface area (Å²) < 4.78 is 18.3. The molecule has 0 aliphatic carbocycles. The quantitative estimate of drug-likeness (QED) is 0.695. The Hall–Kier alpha value is -2.29. The molecule has 140 valence electrons. The highest BCUT2D eigenvalue weighted by molar-refractivity contribution is 7.17. The lowest BCUT2D eigenvalue weighted by atomic mass is 10.3. The van der Waals surface area contributed by atoms with Crippen LogP contribution in [0.2, 0.25) is 0 Å². The molecule has 3 heterocycles. The average Bonchev–Trinajstić information content (AvgIpc) is 3.34. The van der Waals surface area contributed by atoms with Crippen molar-refractivity contribution >= 4 is 39.4 Å². The van der Waals surface area contributed by atoms with E-state index >= 15 is 0 Å². The van der Waals surface area contributed by atoms with Gasteiger partial charge >= 0.3 is 0 Å². The SMILES string of the molecule is O=C(Cc1ccc(-c2csc(Nc3ccc(F)cc3)n2)s1)N1CCOCC1. The first-order valence-corrected chi connectivity index (χ1v) is 10.3. The second kappa shape index (κ2) is 8.16. The zero-order valence-electron chi connectivity index (χ0n) is 14.5. The van der Waals surface area contributed by atoms with E-state index in [1.165, 1.54) is 23.5 Å². The maximum absolute atomic E-state index is 13.0. The molecule has 2 aromatic heterocycles. The minimum Gasteiger partial charge on any atom is -0.378 e. The van der Waals surface area contributed by atoms with Crippen LogP contribution in [0.4, 0.5) is 15.2 Å². The molecule has 1 saturated heterocycles. The van der Waals surface area contributed by atoms with Gasteiger partial charge in [0.1, 0.15) is 5.82 Å². The number of ether oxygens (including phenoxy) is 1. The van der Waals surface area contributed by atoms with Gasteiger partial charge in [0.25, 0.3) is 0 Å². The van der Waals surface area contributed by atoms with Gasteiger partial charge in [0.05, 0.1) is 30.2 Å². The number of anilines is 2. The third-order valence-electron chi connectivity index (χ3n) is 4.20. The highest BCUT2D eigenvalue weighted by Crippen LogP contribution is 2.32. The fourth-order valence-electron chi connectivity index (χ4n) is 2.79. The van der Waals surface area contributed by atoms with Gasteiger partial charge in [-0.2, -0.15) is 0 Å². The van der Waals surface area contributed by atoms with E-state index in [9.17, 15) is 9.18 Å². The van der Waals surface area contributed by atoms with Crippen molar-refractivity contribution in [1.29, 1.82) is 0 Å². The van der Waals surface area contributed by atoms with E-state index in [2.05, 4.69) is 10.3 Å². The number of halogens is 1. The van der Waals surface area contributed by atoms with Gasteiger partial charge in [-0.3, -0.25) is 4.79 Å². The van der Waals surface area contributed by atoms with Gasteiger partial charge in [0.2, 0.25) is 5.91 Å². The van der Waals surface area contributed by atoms with E-state index in [-0.39, 0.29) is 11.7 Å². The molecule has 0 atom stereocenters.